The Kier molecular flexibility index (Phi) is 7.16. The summed E-state index contributed by atoms with van der Waals surface area (Å²) in [5.74, 6) is -2.85. The topological polar surface area (TPSA) is 156 Å². The first-order chi connectivity index (χ1) is 20.8. The number of Topliss-reactive ketones (excluding diaryl/α,β-unsaturated/α-hetero) is 1. The Hall–Kier alpha value is -2.58. The Morgan fingerprint density at radius 2 is 1.47 bits per heavy atom. The van der Waals surface area contributed by atoms with E-state index in [0.717, 1.165) is 50.7 Å². The number of carboxylic acid groups (broad SMARTS) is 1. The zero-order valence-electron chi connectivity index (χ0n) is 27.7. The fourth-order valence-electron chi connectivity index (χ4n) is 12.0. The highest BCUT2D eigenvalue weighted by Crippen LogP contribution is 2.76. The molecule has 0 aliphatic heterocycles. The summed E-state index contributed by atoms with van der Waals surface area (Å²) in [5, 5.41) is 63.5. The van der Waals surface area contributed by atoms with Crippen molar-refractivity contribution in [3.05, 3.63) is 29.3 Å². The molecule has 6 rings (SSSR count). The van der Waals surface area contributed by atoms with Gasteiger partial charge in [-0.25, -0.2) is 0 Å². The summed E-state index contributed by atoms with van der Waals surface area (Å²) in [7, 11) is 0. The zero-order chi connectivity index (χ0) is 33.1. The summed E-state index contributed by atoms with van der Waals surface area (Å²) in [5.41, 5.74) is -1.01. The van der Waals surface area contributed by atoms with E-state index in [1.165, 1.54) is 5.57 Å². The van der Waals surface area contributed by atoms with E-state index in [4.69, 9.17) is 0 Å². The van der Waals surface area contributed by atoms with Gasteiger partial charge in [0.25, 0.3) is 0 Å². The molecule has 0 spiro atoms. The summed E-state index contributed by atoms with van der Waals surface area (Å²) in [6.45, 7) is 13.4. The second-order valence-corrected chi connectivity index (χ2v) is 17.4. The number of aliphatic hydroxyl groups is 2. The maximum Gasteiger partial charge on any atom is 0.310 e. The number of ketones is 1. The van der Waals surface area contributed by atoms with Gasteiger partial charge in [0.2, 0.25) is 0 Å². The van der Waals surface area contributed by atoms with Gasteiger partial charge < -0.3 is 30.6 Å². The van der Waals surface area contributed by atoms with E-state index in [2.05, 4.69) is 40.7 Å². The van der Waals surface area contributed by atoms with Gasteiger partial charge >= 0.3 is 5.97 Å². The molecule has 0 bridgehead atoms. The van der Waals surface area contributed by atoms with Crippen molar-refractivity contribution in [1.29, 1.82) is 0 Å². The van der Waals surface area contributed by atoms with Gasteiger partial charge in [-0.3, -0.25) is 9.59 Å². The molecule has 10 atom stereocenters. The first kappa shape index (κ1) is 32.4. The normalized spacial score (nSPS) is 45.2. The molecule has 0 amide bonds. The molecular formula is C37H52O8. The standard InChI is InChI=1S/C37H52O8/c1-32(2)11-13-37(31(44)45)14-12-35(5)21(22(37)17-32)7-8-28-33(3)19-26(41)30(43)34(4,27(33)9-10-36(28,35)6)18-25(40)20-15-23(38)29(42)24(39)16-20/h7,15-16,22,26-28,30,38-39,41-43H,8-14,17-19H2,1-6H3,(H,44,45)/t22-,26+,27+,28+,30-,33-,34-,35+,36+,37-/m0/s1. The highest BCUT2D eigenvalue weighted by atomic mass is 16.4. The lowest BCUT2D eigenvalue weighted by molar-refractivity contribution is -0.235. The quantitative estimate of drug-likeness (QED) is 0.125. The lowest BCUT2D eigenvalue weighted by Gasteiger charge is -2.71. The maximum atomic E-state index is 13.7. The molecule has 4 saturated carbocycles. The van der Waals surface area contributed by atoms with Gasteiger partial charge in [0.1, 0.15) is 0 Å². The molecule has 4 fully saturated rings. The van der Waals surface area contributed by atoms with Crippen LogP contribution in [-0.4, -0.2) is 54.6 Å². The van der Waals surface area contributed by atoms with Crippen LogP contribution in [0.25, 0.3) is 0 Å². The van der Waals surface area contributed by atoms with Gasteiger partial charge in [-0.15, -0.1) is 0 Å². The lowest BCUT2D eigenvalue weighted by atomic mass is 9.33. The van der Waals surface area contributed by atoms with Crippen LogP contribution in [0.3, 0.4) is 0 Å². The van der Waals surface area contributed by atoms with E-state index in [0.29, 0.717) is 19.3 Å². The summed E-state index contributed by atoms with van der Waals surface area (Å²) in [6.07, 6.45) is 6.90. The predicted octanol–water partition coefficient (Wildman–Crippen LogP) is 6.57. The molecule has 5 aliphatic carbocycles. The summed E-state index contributed by atoms with van der Waals surface area (Å²) in [4.78, 5) is 26.6. The van der Waals surface area contributed by atoms with Crippen LogP contribution in [0.4, 0.5) is 0 Å². The molecule has 1 aromatic carbocycles. The Balaban J connectivity index is 1.39. The number of fused-ring (bicyclic) bond motifs is 7. The number of hydrogen-bond donors (Lipinski definition) is 6. The minimum atomic E-state index is -1.14. The SMILES string of the molecule is CC1(C)CC[C@]2(C(=O)O)CC[C@]3(C)C(=CC[C@@H]4[C@@]5(C)C[C@@H](O)[C@H](O)[C@@](C)(CC(=O)c6cc(O)c(O)c(O)c6)[C@@H]5CC[C@]43C)[C@@H]2C1. The molecule has 8 heteroatoms. The molecule has 0 unspecified atom stereocenters. The van der Waals surface area contributed by atoms with Crippen LogP contribution < -0.4 is 0 Å². The molecule has 6 N–H and O–H groups in total. The zero-order valence-corrected chi connectivity index (χ0v) is 27.7. The molecule has 45 heavy (non-hydrogen) atoms. The third-order valence-corrected chi connectivity index (χ3v) is 14.7. The van der Waals surface area contributed by atoms with Crippen molar-refractivity contribution in [3.8, 4) is 17.2 Å². The van der Waals surface area contributed by atoms with Crippen LogP contribution in [0, 0.1) is 50.2 Å². The van der Waals surface area contributed by atoms with Crippen molar-refractivity contribution < 1.29 is 40.2 Å². The molecule has 1 aromatic rings. The summed E-state index contributed by atoms with van der Waals surface area (Å²) < 4.78 is 0. The number of allylic oxidation sites excluding steroid dienone is 2. The van der Waals surface area contributed by atoms with E-state index in [1.807, 2.05) is 6.92 Å². The number of carboxylic acids is 1. The Bertz CT molecular complexity index is 1440. The largest absolute Gasteiger partial charge is 0.504 e. The minimum Gasteiger partial charge on any atom is -0.504 e. The number of phenols is 3. The molecule has 0 aromatic heterocycles. The highest BCUT2D eigenvalue weighted by molar-refractivity contribution is 5.97. The molecule has 8 nitrogen and oxygen atoms in total. The fourth-order valence-corrected chi connectivity index (χ4v) is 12.0. The van der Waals surface area contributed by atoms with Gasteiger partial charge in [-0.05, 0) is 109 Å². The molecule has 248 valence electrons. The van der Waals surface area contributed by atoms with Crippen molar-refractivity contribution in [1.82, 2.24) is 0 Å². The third-order valence-electron chi connectivity index (χ3n) is 14.7. The van der Waals surface area contributed by atoms with Crippen LogP contribution in [0.1, 0.15) is 116 Å². The lowest BCUT2D eigenvalue weighted by Crippen LogP contribution is -2.67. The van der Waals surface area contributed by atoms with Crippen molar-refractivity contribution >= 4 is 11.8 Å². The number of aliphatic hydroxyl groups excluding tert-OH is 2. The van der Waals surface area contributed by atoms with E-state index in [1.54, 1.807) is 0 Å². The van der Waals surface area contributed by atoms with Crippen LogP contribution >= 0.6 is 0 Å². The molecule has 0 radical (unpaired) electrons. The van der Waals surface area contributed by atoms with Crippen LogP contribution in [0.5, 0.6) is 17.2 Å². The average Bonchev–Trinajstić information content (AvgIpc) is 2.94. The first-order valence-electron chi connectivity index (χ1n) is 16.8. The van der Waals surface area contributed by atoms with Crippen molar-refractivity contribution in [3.63, 3.8) is 0 Å². The molecular weight excluding hydrogens is 572 g/mol. The Morgan fingerprint density at radius 3 is 2.09 bits per heavy atom. The van der Waals surface area contributed by atoms with Crippen molar-refractivity contribution in [2.75, 3.05) is 0 Å². The summed E-state index contributed by atoms with van der Waals surface area (Å²) in [6, 6.07) is 2.26. The van der Waals surface area contributed by atoms with Crippen molar-refractivity contribution in [2.24, 2.45) is 50.2 Å². The predicted molar refractivity (Wildman–Crippen MR) is 169 cm³/mol. The highest BCUT2D eigenvalue weighted by Gasteiger charge is 2.70. The first-order valence-corrected chi connectivity index (χ1v) is 16.8. The van der Waals surface area contributed by atoms with Crippen molar-refractivity contribution in [2.45, 2.75) is 118 Å². The maximum absolute atomic E-state index is 13.7. The number of carbonyl (C=O) groups excluding carboxylic acids is 1. The number of rotatable bonds is 4. The van der Waals surface area contributed by atoms with E-state index < -0.39 is 51.7 Å². The summed E-state index contributed by atoms with van der Waals surface area (Å²) >= 11 is 0. The Labute approximate surface area is 266 Å². The smallest absolute Gasteiger partial charge is 0.310 e. The second kappa shape index (κ2) is 9.96. The molecule has 0 heterocycles. The number of benzene rings is 1. The van der Waals surface area contributed by atoms with Crippen LogP contribution in [0.2, 0.25) is 0 Å². The molecule has 0 saturated heterocycles. The van der Waals surface area contributed by atoms with Crippen LogP contribution in [0.15, 0.2) is 23.8 Å². The van der Waals surface area contributed by atoms with Gasteiger partial charge in [-0.2, -0.15) is 0 Å². The van der Waals surface area contributed by atoms with Gasteiger partial charge in [-0.1, -0.05) is 53.2 Å². The second-order valence-electron chi connectivity index (χ2n) is 17.4. The number of phenolic OH excluding ortho intramolecular Hbond substituents is 3. The van der Waals surface area contributed by atoms with E-state index in [9.17, 15) is 40.2 Å². The molecule has 5 aliphatic rings. The number of aliphatic carboxylic acids is 1. The van der Waals surface area contributed by atoms with Gasteiger partial charge in [0.15, 0.2) is 23.0 Å². The van der Waals surface area contributed by atoms with E-state index >= 15 is 0 Å². The average molecular weight is 625 g/mol. The number of carbonyl (C=O) groups is 2. The minimum absolute atomic E-state index is 0.000557. The van der Waals surface area contributed by atoms with Gasteiger partial charge in [0.05, 0.1) is 17.6 Å². The van der Waals surface area contributed by atoms with E-state index in [-0.39, 0.29) is 51.8 Å². The Morgan fingerprint density at radius 1 is 0.844 bits per heavy atom. The number of hydrogen-bond acceptors (Lipinski definition) is 7. The van der Waals surface area contributed by atoms with Gasteiger partial charge in [0, 0.05) is 17.4 Å². The monoisotopic (exact) mass is 624 g/mol. The third kappa shape index (κ3) is 4.29. The van der Waals surface area contributed by atoms with Crippen LogP contribution in [-0.2, 0) is 4.79 Å². The fraction of sp³-hybridized carbons (Fsp3) is 0.730. The number of aromatic hydroxyl groups is 3.